The summed E-state index contributed by atoms with van der Waals surface area (Å²) in [7, 11) is -3.77. The molecular formula is C20H22N2O7S. The molecule has 4 N–H and O–H groups in total. The number of carbonyl (C=O) groups is 2. The number of aromatic hydroxyl groups is 1. The number of primary sulfonamides is 1. The van der Waals surface area contributed by atoms with Crippen molar-refractivity contribution in [3.8, 4) is 17.2 Å². The predicted molar refractivity (Wildman–Crippen MR) is 107 cm³/mol. The Kier molecular flexibility index (Phi) is 5.73. The van der Waals surface area contributed by atoms with Gasteiger partial charge in [-0.3, -0.25) is 9.59 Å². The van der Waals surface area contributed by atoms with Crippen molar-refractivity contribution >= 4 is 21.7 Å². The molecule has 160 valence electrons. The number of phenols is 1. The van der Waals surface area contributed by atoms with E-state index in [1.165, 1.54) is 24.3 Å². The lowest BCUT2D eigenvalue weighted by atomic mass is 9.92. The van der Waals surface area contributed by atoms with Crippen LogP contribution >= 0.6 is 0 Å². The molecule has 0 fully saturated rings. The Morgan fingerprint density at radius 3 is 2.57 bits per heavy atom. The number of hydrogen-bond donors (Lipinski definition) is 3. The molecule has 0 spiro atoms. The van der Waals surface area contributed by atoms with Gasteiger partial charge in [0.15, 0.2) is 12.4 Å². The van der Waals surface area contributed by atoms with Crippen LogP contribution in [0.2, 0.25) is 0 Å². The molecule has 3 rings (SSSR count). The summed E-state index contributed by atoms with van der Waals surface area (Å²) in [6.07, 6.45) is 0.147. The third-order valence-corrected chi connectivity index (χ3v) is 5.35. The normalized spacial score (nSPS) is 15.1. The lowest BCUT2D eigenvalue weighted by Gasteiger charge is -2.32. The van der Waals surface area contributed by atoms with Gasteiger partial charge in [-0.15, -0.1) is 0 Å². The van der Waals surface area contributed by atoms with E-state index in [1.54, 1.807) is 26.0 Å². The number of amides is 1. The number of ether oxygens (including phenoxy) is 2. The number of phenolic OH excluding ortho intramolecular Hbond substituents is 1. The first kappa shape index (κ1) is 21.6. The number of rotatable bonds is 6. The fourth-order valence-electron chi connectivity index (χ4n) is 3.03. The van der Waals surface area contributed by atoms with Crippen molar-refractivity contribution in [3.63, 3.8) is 0 Å². The van der Waals surface area contributed by atoms with Gasteiger partial charge in [0.2, 0.25) is 10.0 Å². The Bertz CT molecular complexity index is 1090. The van der Waals surface area contributed by atoms with Crippen LogP contribution in [0.4, 0.5) is 0 Å². The fourth-order valence-corrected chi connectivity index (χ4v) is 3.54. The van der Waals surface area contributed by atoms with E-state index >= 15 is 0 Å². The summed E-state index contributed by atoms with van der Waals surface area (Å²) in [4.78, 5) is 24.2. The summed E-state index contributed by atoms with van der Waals surface area (Å²) in [5, 5.41) is 17.8. The highest BCUT2D eigenvalue weighted by Crippen LogP contribution is 2.40. The molecule has 0 unspecified atom stereocenters. The highest BCUT2D eigenvalue weighted by Gasteiger charge is 2.35. The van der Waals surface area contributed by atoms with E-state index in [0.717, 1.165) is 0 Å². The molecular weight excluding hydrogens is 412 g/mol. The highest BCUT2D eigenvalue weighted by atomic mass is 32.2. The molecule has 0 radical (unpaired) electrons. The van der Waals surface area contributed by atoms with Crippen LogP contribution in [0, 0.1) is 0 Å². The van der Waals surface area contributed by atoms with Crippen molar-refractivity contribution in [2.45, 2.75) is 37.3 Å². The average Bonchev–Trinajstić information content (AvgIpc) is 2.62. The standard InChI is InChI=1S/C20H22N2O7S/c1-20(2)9-16(24)19-15(23)7-13(8-17(19)29-20)28-11-18(25)22-10-12-3-5-14(6-4-12)30(21,26)27/h3-8,23H,9-11H2,1-2H3,(H,22,25)(H2,21,26,27). The summed E-state index contributed by atoms with van der Waals surface area (Å²) in [6, 6.07) is 8.51. The molecule has 0 saturated heterocycles. The van der Waals surface area contributed by atoms with Gasteiger partial charge in [0.1, 0.15) is 28.4 Å². The molecule has 1 aliphatic rings. The Morgan fingerprint density at radius 1 is 1.27 bits per heavy atom. The number of benzene rings is 2. The molecule has 9 nitrogen and oxygen atoms in total. The van der Waals surface area contributed by atoms with Gasteiger partial charge in [-0.2, -0.15) is 0 Å². The molecule has 2 aromatic rings. The molecule has 1 aliphatic heterocycles. The first-order valence-electron chi connectivity index (χ1n) is 9.05. The molecule has 0 atom stereocenters. The van der Waals surface area contributed by atoms with Gasteiger partial charge in [-0.1, -0.05) is 12.1 Å². The van der Waals surface area contributed by atoms with Crippen LogP contribution in [-0.2, 0) is 21.4 Å². The van der Waals surface area contributed by atoms with Gasteiger partial charge in [-0.25, -0.2) is 13.6 Å². The minimum Gasteiger partial charge on any atom is -0.507 e. The van der Waals surface area contributed by atoms with Crippen molar-refractivity contribution in [2.75, 3.05) is 6.61 Å². The molecule has 2 aromatic carbocycles. The smallest absolute Gasteiger partial charge is 0.258 e. The molecule has 1 heterocycles. The summed E-state index contributed by atoms with van der Waals surface area (Å²) in [6.45, 7) is 3.36. The van der Waals surface area contributed by atoms with Crippen LogP contribution in [0.3, 0.4) is 0 Å². The molecule has 0 saturated carbocycles. The van der Waals surface area contributed by atoms with Crippen molar-refractivity contribution in [3.05, 3.63) is 47.5 Å². The number of ketones is 1. The third-order valence-electron chi connectivity index (χ3n) is 4.42. The van der Waals surface area contributed by atoms with E-state index < -0.39 is 21.5 Å². The number of carbonyl (C=O) groups excluding carboxylic acids is 2. The summed E-state index contributed by atoms with van der Waals surface area (Å²) < 4.78 is 33.6. The van der Waals surface area contributed by atoms with Gasteiger partial charge in [0, 0.05) is 18.7 Å². The summed E-state index contributed by atoms with van der Waals surface area (Å²) >= 11 is 0. The van der Waals surface area contributed by atoms with Gasteiger partial charge in [0.05, 0.1) is 11.3 Å². The first-order chi connectivity index (χ1) is 13.9. The lowest BCUT2D eigenvalue weighted by Crippen LogP contribution is -2.36. The number of fused-ring (bicyclic) bond motifs is 1. The SMILES string of the molecule is CC1(C)CC(=O)c2c(O)cc(OCC(=O)NCc3ccc(S(N)(=O)=O)cc3)cc2O1. The van der Waals surface area contributed by atoms with E-state index in [9.17, 15) is 23.1 Å². The van der Waals surface area contributed by atoms with Crippen LogP contribution in [-0.4, -0.2) is 37.4 Å². The van der Waals surface area contributed by atoms with Gasteiger partial charge >= 0.3 is 0 Å². The van der Waals surface area contributed by atoms with Crippen molar-refractivity contribution < 1.29 is 32.6 Å². The lowest BCUT2D eigenvalue weighted by molar-refractivity contribution is -0.123. The summed E-state index contributed by atoms with van der Waals surface area (Å²) in [5.74, 6) is -0.527. The second kappa shape index (κ2) is 7.96. The van der Waals surface area contributed by atoms with Crippen LogP contribution in [0.25, 0.3) is 0 Å². The van der Waals surface area contributed by atoms with Crippen LogP contribution < -0.4 is 19.9 Å². The van der Waals surface area contributed by atoms with E-state index in [0.29, 0.717) is 5.56 Å². The monoisotopic (exact) mass is 434 g/mol. The van der Waals surface area contributed by atoms with Crippen LogP contribution in [0.15, 0.2) is 41.3 Å². The highest BCUT2D eigenvalue weighted by molar-refractivity contribution is 7.89. The number of sulfonamides is 1. The number of nitrogens with two attached hydrogens (primary N) is 1. The minimum absolute atomic E-state index is 0.0167. The molecule has 0 aliphatic carbocycles. The third kappa shape index (κ3) is 5.08. The second-order valence-electron chi connectivity index (χ2n) is 7.53. The molecule has 0 bridgehead atoms. The maximum Gasteiger partial charge on any atom is 0.258 e. The van der Waals surface area contributed by atoms with Crippen molar-refractivity contribution in [2.24, 2.45) is 5.14 Å². The van der Waals surface area contributed by atoms with E-state index in [2.05, 4.69) is 5.32 Å². The van der Waals surface area contributed by atoms with Crippen molar-refractivity contribution in [1.29, 1.82) is 0 Å². The maximum atomic E-state index is 12.2. The van der Waals surface area contributed by atoms with E-state index in [4.69, 9.17) is 14.6 Å². The molecule has 1 amide bonds. The zero-order valence-corrected chi connectivity index (χ0v) is 17.3. The average molecular weight is 434 g/mol. The largest absolute Gasteiger partial charge is 0.507 e. The quantitative estimate of drug-likeness (QED) is 0.624. The number of nitrogens with one attached hydrogen (secondary N) is 1. The first-order valence-corrected chi connectivity index (χ1v) is 10.6. The Balaban J connectivity index is 1.59. The topological polar surface area (TPSA) is 145 Å². The predicted octanol–water partition coefficient (Wildman–Crippen LogP) is 1.48. The Morgan fingerprint density at radius 2 is 1.93 bits per heavy atom. The van der Waals surface area contributed by atoms with Gasteiger partial charge in [0.25, 0.3) is 5.91 Å². The molecule has 30 heavy (non-hydrogen) atoms. The van der Waals surface area contributed by atoms with Crippen LogP contribution in [0.5, 0.6) is 17.2 Å². The fraction of sp³-hybridized carbons (Fsp3) is 0.300. The number of Topliss-reactive ketones (excluding diaryl/α,β-unsaturated/α-hetero) is 1. The second-order valence-corrected chi connectivity index (χ2v) is 9.09. The maximum absolute atomic E-state index is 12.2. The number of hydrogen-bond acceptors (Lipinski definition) is 7. The van der Waals surface area contributed by atoms with E-state index in [-0.39, 0.29) is 53.1 Å². The van der Waals surface area contributed by atoms with Crippen molar-refractivity contribution in [1.82, 2.24) is 5.32 Å². The molecule has 10 heteroatoms. The van der Waals surface area contributed by atoms with E-state index in [1.807, 2.05) is 0 Å². The molecule has 0 aromatic heterocycles. The Labute approximate surface area is 173 Å². The van der Waals surface area contributed by atoms with Gasteiger partial charge in [-0.05, 0) is 31.5 Å². The minimum atomic E-state index is -3.77. The zero-order valence-electron chi connectivity index (χ0n) is 16.5. The van der Waals surface area contributed by atoms with Crippen LogP contribution in [0.1, 0.15) is 36.2 Å². The Hall–Kier alpha value is -3.11. The summed E-state index contributed by atoms with van der Waals surface area (Å²) in [5.41, 5.74) is 0.0797. The zero-order chi connectivity index (χ0) is 22.1. The van der Waals surface area contributed by atoms with Gasteiger partial charge < -0.3 is 19.9 Å².